The van der Waals surface area contributed by atoms with E-state index in [1.165, 1.54) is 0 Å². The first kappa shape index (κ1) is 11.2. The summed E-state index contributed by atoms with van der Waals surface area (Å²) >= 11 is 0. The van der Waals surface area contributed by atoms with Crippen LogP contribution in [0, 0.1) is 0 Å². The summed E-state index contributed by atoms with van der Waals surface area (Å²) < 4.78 is 5.28. The Morgan fingerprint density at radius 1 is 1.62 bits per heavy atom. The lowest BCUT2D eigenvalue weighted by Gasteiger charge is -2.34. The second-order valence-electron chi connectivity index (χ2n) is 4.80. The molecule has 0 aromatic carbocycles. The molecule has 1 fully saturated rings. The van der Waals surface area contributed by atoms with Crippen LogP contribution >= 0.6 is 0 Å². The standard InChI is InChI=1S/C12H17NO3/c1-12(2,11(14)15)13(9-5-6-9)8-10-4-3-7-16-10/h3-4,7,9H,5-6,8H2,1-2H3,(H,14,15). The van der Waals surface area contributed by atoms with E-state index in [-0.39, 0.29) is 0 Å². The Morgan fingerprint density at radius 2 is 2.31 bits per heavy atom. The smallest absolute Gasteiger partial charge is 0.323 e. The van der Waals surface area contributed by atoms with Gasteiger partial charge in [-0.2, -0.15) is 0 Å². The molecular weight excluding hydrogens is 206 g/mol. The maximum absolute atomic E-state index is 11.3. The van der Waals surface area contributed by atoms with Gasteiger partial charge in [-0.15, -0.1) is 0 Å². The van der Waals surface area contributed by atoms with Gasteiger partial charge in [-0.3, -0.25) is 9.69 Å². The number of aliphatic carboxylic acids is 1. The van der Waals surface area contributed by atoms with Gasteiger partial charge in [0.25, 0.3) is 0 Å². The zero-order valence-electron chi connectivity index (χ0n) is 9.64. The molecule has 4 nitrogen and oxygen atoms in total. The van der Waals surface area contributed by atoms with E-state index in [1.54, 1.807) is 20.1 Å². The summed E-state index contributed by atoms with van der Waals surface area (Å²) in [5, 5.41) is 9.24. The van der Waals surface area contributed by atoms with Gasteiger partial charge in [-0.05, 0) is 38.8 Å². The van der Waals surface area contributed by atoms with Crippen LogP contribution in [-0.4, -0.2) is 27.6 Å². The van der Waals surface area contributed by atoms with E-state index >= 15 is 0 Å². The molecule has 1 aromatic heterocycles. The molecule has 0 aliphatic heterocycles. The van der Waals surface area contributed by atoms with Gasteiger partial charge < -0.3 is 9.52 Å². The predicted octanol–water partition coefficient (Wildman–Crippen LogP) is 2.11. The molecule has 1 saturated carbocycles. The third kappa shape index (κ3) is 2.11. The van der Waals surface area contributed by atoms with Crippen LogP contribution in [0.1, 0.15) is 32.4 Å². The van der Waals surface area contributed by atoms with E-state index in [1.807, 2.05) is 17.0 Å². The monoisotopic (exact) mass is 223 g/mol. The SMILES string of the molecule is CC(C)(C(=O)O)N(Cc1ccco1)C1CC1. The van der Waals surface area contributed by atoms with E-state index in [4.69, 9.17) is 4.42 Å². The number of hydrogen-bond acceptors (Lipinski definition) is 3. The molecule has 1 heterocycles. The summed E-state index contributed by atoms with van der Waals surface area (Å²) in [7, 11) is 0. The fourth-order valence-corrected chi connectivity index (χ4v) is 1.86. The predicted molar refractivity (Wildman–Crippen MR) is 59.0 cm³/mol. The van der Waals surface area contributed by atoms with Gasteiger partial charge in [0.1, 0.15) is 11.3 Å². The molecule has 0 atom stereocenters. The summed E-state index contributed by atoms with van der Waals surface area (Å²) in [5.41, 5.74) is -0.839. The molecule has 1 aromatic rings. The Bertz CT molecular complexity index is 366. The maximum atomic E-state index is 11.3. The van der Waals surface area contributed by atoms with Crippen molar-refractivity contribution < 1.29 is 14.3 Å². The van der Waals surface area contributed by atoms with Crippen LogP contribution in [0.2, 0.25) is 0 Å². The van der Waals surface area contributed by atoms with E-state index in [0.29, 0.717) is 12.6 Å². The molecular formula is C12H17NO3. The molecule has 88 valence electrons. The first-order valence-corrected chi connectivity index (χ1v) is 5.54. The summed E-state index contributed by atoms with van der Waals surface area (Å²) in [6.07, 6.45) is 3.78. The number of nitrogens with zero attached hydrogens (tertiary/aromatic N) is 1. The van der Waals surface area contributed by atoms with Crippen molar-refractivity contribution in [3.63, 3.8) is 0 Å². The lowest BCUT2D eigenvalue weighted by atomic mass is 10.0. The van der Waals surface area contributed by atoms with Crippen molar-refractivity contribution in [2.45, 2.75) is 44.8 Å². The minimum Gasteiger partial charge on any atom is -0.480 e. The Hall–Kier alpha value is -1.29. The third-order valence-electron chi connectivity index (χ3n) is 3.14. The summed E-state index contributed by atoms with van der Waals surface area (Å²) in [6.45, 7) is 4.06. The highest BCUT2D eigenvalue weighted by Gasteiger charge is 2.43. The topological polar surface area (TPSA) is 53.7 Å². The number of carbonyl (C=O) groups is 1. The van der Waals surface area contributed by atoms with Crippen molar-refractivity contribution >= 4 is 5.97 Å². The van der Waals surface area contributed by atoms with E-state index in [2.05, 4.69) is 0 Å². The van der Waals surface area contributed by atoms with E-state index in [9.17, 15) is 9.90 Å². The highest BCUT2D eigenvalue weighted by atomic mass is 16.4. The van der Waals surface area contributed by atoms with E-state index in [0.717, 1.165) is 18.6 Å². The molecule has 0 radical (unpaired) electrons. The molecule has 0 spiro atoms. The molecule has 0 saturated heterocycles. The second-order valence-corrected chi connectivity index (χ2v) is 4.80. The third-order valence-corrected chi connectivity index (χ3v) is 3.14. The quantitative estimate of drug-likeness (QED) is 0.830. The summed E-state index contributed by atoms with van der Waals surface area (Å²) in [5.74, 6) is 0.0344. The van der Waals surface area contributed by atoms with Crippen molar-refractivity contribution in [3.8, 4) is 0 Å². The highest BCUT2D eigenvalue weighted by molar-refractivity contribution is 5.77. The minimum absolute atomic E-state index is 0.385. The van der Waals surface area contributed by atoms with E-state index < -0.39 is 11.5 Å². The average Bonchev–Trinajstić information content (AvgIpc) is 2.91. The summed E-state index contributed by atoms with van der Waals surface area (Å²) in [6, 6.07) is 4.10. The molecule has 1 aliphatic carbocycles. The summed E-state index contributed by atoms with van der Waals surface area (Å²) in [4.78, 5) is 13.3. The van der Waals surface area contributed by atoms with Crippen molar-refractivity contribution in [2.24, 2.45) is 0 Å². The van der Waals surface area contributed by atoms with Gasteiger partial charge >= 0.3 is 5.97 Å². The van der Waals surface area contributed by atoms with Gasteiger partial charge in [0.05, 0.1) is 12.8 Å². The number of furan rings is 1. The zero-order chi connectivity index (χ0) is 11.8. The van der Waals surface area contributed by atoms with Crippen molar-refractivity contribution in [2.75, 3.05) is 0 Å². The minimum atomic E-state index is -0.839. The Labute approximate surface area is 94.9 Å². The Kier molecular flexibility index (Phi) is 2.76. The van der Waals surface area contributed by atoms with Crippen LogP contribution < -0.4 is 0 Å². The van der Waals surface area contributed by atoms with Crippen molar-refractivity contribution in [3.05, 3.63) is 24.2 Å². The molecule has 4 heteroatoms. The van der Waals surface area contributed by atoms with Crippen LogP contribution in [0.15, 0.2) is 22.8 Å². The van der Waals surface area contributed by atoms with Gasteiger partial charge in [-0.1, -0.05) is 0 Å². The molecule has 1 aliphatic rings. The van der Waals surface area contributed by atoms with Crippen LogP contribution in [0.25, 0.3) is 0 Å². The zero-order valence-corrected chi connectivity index (χ0v) is 9.64. The van der Waals surface area contributed by atoms with Crippen LogP contribution in [-0.2, 0) is 11.3 Å². The fourth-order valence-electron chi connectivity index (χ4n) is 1.86. The highest BCUT2D eigenvalue weighted by Crippen LogP contribution is 2.34. The maximum Gasteiger partial charge on any atom is 0.323 e. The Balaban J connectivity index is 2.14. The lowest BCUT2D eigenvalue weighted by Crippen LogP contribution is -2.50. The average molecular weight is 223 g/mol. The lowest BCUT2D eigenvalue weighted by molar-refractivity contribution is -0.150. The number of carboxylic acids is 1. The first-order valence-electron chi connectivity index (χ1n) is 5.54. The van der Waals surface area contributed by atoms with Crippen LogP contribution in [0.5, 0.6) is 0 Å². The largest absolute Gasteiger partial charge is 0.480 e. The van der Waals surface area contributed by atoms with Crippen molar-refractivity contribution in [1.82, 2.24) is 4.90 Å². The number of carboxylic acid groups (broad SMARTS) is 1. The number of hydrogen-bond donors (Lipinski definition) is 1. The van der Waals surface area contributed by atoms with Gasteiger partial charge in [-0.25, -0.2) is 0 Å². The van der Waals surface area contributed by atoms with Crippen molar-refractivity contribution in [1.29, 1.82) is 0 Å². The van der Waals surface area contributed by atoms with Gasteiger partial charge in [0.15, 0.2) is 0 Å². The first-order chi connectivity index (χ1) is 7.51. The Morgan fingerprint density at radius 3 is 2.75 bits per heavy atom. The normalized spacial score (nSPS) is 16.7. The van der Waals surface area contributed by atoms with Gasteiger partial charge in [0.2, 0.25) is 0 Å². The van der Waals surface area contributed by atoms with Crippen LogP contribution in [0.4, 0.5) is 0 Å². The molecule has 0 amide bonds. The fraction of sp³-hybridized carbons (Fsp3) is 0.583. The second kappa shape index (κ2) is 3.94. The van der Waals surface area contributed by atoms with Gasteiger partial charge in [0, 0.05) is 6.04 Å². The molecule has 1 N–H and O–H groups in total. The number of rotatable bonds is 5. The molecule has 0 unspecified atom stereocenters. The molecule has 2 rings (SSSR count). The molecule has 0 bridgehead atoms. The molecule has 16 heavy (non-hydrogen) atoms. The van der Waals surface area contributed by atoms with Crippen LogP contribution in [0.3, 0.4) is 0 Å².